The van der Waals surface area contributed by atoms with E-state index in [0.717, 1.165) is 41.7 Å². The highest BCUT2D eigenvalue weighted by Gasteiger charge is 2.19. The first-order valence-corrected chi connectivity index (χ1v) is 10.5. The Morgan fingerprint density at radius 3 is 2.71 bits per heavy atom. The van der Waals surface area contributed by atoms with E-state index in [1.807, 2.05) is 24.3 Å². The number of imidazole rings is 1. The number of nitrogens with zero attached hydrogens (tertiary/aromatic N) is 2. The molecule has 0 saturated heterocycles. The molecule has 0 unspecified atom stereocenters. The fourth-order valence-corrected chi connectivity index (χ4v) is 4.10. The molecule has 31 heavy (non-hydrogen) atoms. The number of halogens is 1. The SMILES string of the molecule is CO\C1=C/C=C(c2ccccc2-c2nc3cc(C(=O)O)ccn3c2Cl)\C(C)=C\CCC1. The number of fused-ring (bicyclic) bond motifs is 1. The van der Waals surface area contributed by atoms with Gasteiger partial charge >= 0.3 is 5.97 Å². The van der Waals surface area contributed by atoms with Gasteiger partial charge in [-0.2, -0.15) is 0 Å². The minimum Gasteiger partial charge on any atom is -0.501 e. The van der Waals surface area contributed by atoms with E-state index in [-0.39, 0.29) is 5.56 Å². The second kappa shape index (κ2) is 8.82. The molecule has 6 heteroatoms. The number of carbonyl (C=O) groups is 1. The average molecular weight is 435 g/mol. The molecule has 1 aliphatic rings. The smallest absolute Gasteiger partial charge is 0.335 e. The standard InChI is InChI=1S/C25H23ClN2O3/c1-16-7-3-4-8-18(31-2)11-12-19(16)20-9-5-6-10-21(20)23-24(26)28-14-13-17(25(29)30)15-22(28)27-23/h5-7,9-15H,3-4,8H2,1-2H3,(H,29,30)/b16-7+,18-11-,19-12+. The van der Waals surface area contributed by atoms with E-state index < -0.39 is 5.97 Å². The maximum atomic E-state index is 11.3. The van der Waals surface area contributed by atoms with Crippen molar-refractivity contribution < 1.29 is 14.6 Å². The number of aromatic carboxylic acids is 1. The summed E-state index contributed by atoms with van der Waals surface area (Å²) >= 11 is 6.69. The van der Waals surface area contributed by atoms with Crippen LogP contribution in [0.5, 0.6) is 0 Å². The lowest BCUT2D eigenvalue weighted by molar-refractivity contribution is 0.0697. The summed E-state index contributed by atoms with van der Waals surface area (Å²) in [5.41, 5.74) is 5.42. The topological polar surface area (TPSA) is 63.8 Å². The van der Waals surface area contributed by atoms with Gasteiger partial charge in [0.15, 0.2) is 0 Å². The molecule has 0 atom stereocenters. The number of carboxylic acid groups (broad SMARTS) is 1. The van der Waals surface area contributed by atoms with Gasteiger partial charge in [0.25, 0.3) is 0 Å². The summed E-state index contributed by atoms with van der Waals surface area (Å²) in [6.45, 7) is 2.11. The molecule has 2 aromatic heterocycles. The summed E-state index contributed by atoms with van der Waals surface area (Å²) in [7, 11) is 1.70. The molecule has 0 saturated carbocycles. The van der Waals surface area contributed by atoms with E-state index in [2.05, 4.69) is 30.1 Å². The fourth-order valence-electron chi connectivity index (χ4n) is 3.81. The Morgan fingerprint density at radius 1 is 1.19 bits per heavy atom. The van der Waals surface area contributed by atoms with Gasteiger partial charge in [0.2, 0.25) is 0 Å². The van der Waals surface area contributed by atoms with Crippen molar-refractivity contribution in [3.8, 4) is 11.3 Å². The Bertz CT molecular complexity index is 1250. The first kappa shape index (κ1) is 20.9. The van der Waals surface area contributed by atoms with E-state index in [9.17, 15) is 9.90 Å². The Hall–Kier alpha value is -3.31. The third kappa shape index (κ3) is 4.14. The first-order chi connectivity index (χ1) is 15.0. The predicted molar refractivity (Wildman–Crippen MR) is 123 cm³/mol. The number of ether oxygens (including phenoxy) is 1. The maximum absolute atomic E-state index is 11.3. The highest BCUT2D eigenvalue weighted by molar-refractivity contribution is 6.32. The molecule has 0 spiro atoms. The van der Waals surface area contributed by atoms with Gasteiger partial charge in [0, 0.05) is 18.2 Å². The van der Waals surface area contributed by atoms with Crippen LogP contribution in [0.25, 0.3) is 22.5 Å². The number of pyridine rings is 1. The molecule has 1 aromatic carbocycles. The van der Waals surface area contributed by atoms with Gasteiger partial charge < -0.3 is 9.84 Å². The Kier molecular flexibility index (Phi) is 5.96. The third-order valence-corrected chi connectivity index (χ3v) is 5.85. The molecule has 1 N–H and O–H groups in total. The largest absolute Gasteiger partial charge is 0.501 e. The van der Waals surface area contributed by atoms with Crippen LogP contribution in [0.15, 0.2) is 72.2 Å². The summed E-state index contributed by atoms with van der Waals surface area (Å²) < 4.78 is 7.21. The Morgan fingerprint density at radius 2 is 1.97 bits per heavy atom. The number of methoxy groups -OCH3 is 1. The maximum Gasteiger partial charge on any atom is 0.335 e. The molecule has 0 radical (unpaired) electrons. The van der Waals surface area contributed by atoms with Crippen LogP contribution in [-0.2, 0) is 4.74 Å². The van der Waals surface area contributed by atoms with Crippen LogP contribution in [0, 0.1) is 0 Å². The molecule has 1 aliphatic carbocycles. The highest BCUT2D eigenvalue weighted by atomic mass is 35.5. The van der Waals surface area contributed by atoms with E-state index >= 15 is 0 Å². The van der Waals surface area contributed by atoms with E-state index in [1.54, 1.807) is 17.7 Å². The number of carboxylic acids is 1. The van der Waals surface area contributed by atoms with Crippen LogP contribution in [0.1, 0.15) is 42.1 Å². The lowest BCUT2D eigenvalue weighted by Crippen LogP contribution is -1.97. The van der Waals surface area contributed by atoms with Crippen LogP contribution in [0.4, 0.5) is 0 Å². The zero-order valence-corrected chi connectivity index (χ0v) is 18.2. The second-order valence-electron chi connectivity index (χ2n) is 7.44. The van der Waals surface area contributed by atoms with Gasteiger partial charge in [0.05, 0.1) is 18.4 Å². The van der Waals surface area contributed by atoms with Crippen molar-refractivity contribution in [2.75, 3.05) is 7.11 Å². The molecule has 0 fully saturated rings. The summed E-state index contributed by atoms with van der Waals surface area (Å²) in [4.78, 5) is 16.0. The molecule has 4 rings (SSSR count). The van der Waals surface area contributed by atoms with Crippen LogP contribution in [0.3, 0.4) is 0 Å². The van der Waals surface area contributed by atoms with E-state index in [0.29, 0.717) is 16.5 Å². The molecule has 2 heterocycles. The predicted octanol–water partition coefficient (Wildman–Crippen LogP) is 6.40. The summed E-state index contributed by atoms with van der Waals surface area (Å²) in [5, 5.41) is 9.74. The zero-order chi connectivity index (χ0) is 22.0. The Labute approximate surface area is 186 Å². The van der Waals surface area contributed by atoms with E-state index in [4.69, 9.17) is 16.3 Å². The van der Waals surface area contributed by atoms with Crippen molar-refractivity contribution in [1.82, 2.24) is 9.38 Å². The molecule has 158 valence electrons. The van der Waals surface area contributed by atoms with Gasteiger partial charge in [-0.05, 0) is 54.7 Å². The van der Waals surface area contributed by atoms with Crippen molar-refractivity contribution in [2.45, 2.75) is 26.2 Å². The van der Waals surface area contributed by atoms with Gasteiger partial charge in [-0.3, -0.25) is 4.40 Å². The molecule has 5 nitrogen and oxygen atoms in total. The number of hydrogen-bond donors (Lipinski definition) is 1. The first-order valence-electron chi connectivity index (χ1n) is 10.1. The lowest BCUT2D eigenvalue weighted by atomic mass is 9.92. The van der Waals surface area contributed by atoms with Crippen molar-refractivity contribution >= 4 is 28.8 Å². The van der Waals surface area contributed by atoms with Crippen molar-refractivity contribution in [3.63, 3.8) is 0 Å². The van der Waals surface area contributed by atoms with Gasteiger partial charge in [-0.1, -0.05) is 48.0 Å². The third-order valence-electron chi connectivity index (χ3n) is 5.49. The lowest BCUT2D eigenvalue weighted by Gasteiger charge is -2.13. The zero-order valence-electron chi connectivity index (χ0n) is 17.4. The minimum atomic E-state index is -0.999. The summed E-state index contributed by atoms with van der Waals surface area (Å²) in [6.07, 6.45) is 10.9. The number of benzene rings is 1. The normalized spacial score (nSPS) is 19.8. The molecule has 0 aliphatic heterocycles. The van der Waals surface area contributed by atoms with Gasteiger partial charge in [0.1, 0.15) is 16.5 Å². The highest BCUT2D eigenvalue weighted by Crippen LogP contribution is 2.37. The average Bonchev–Trinajstić information content (AvgIpc) is 3.14. The molecular formula is C25H23ClN2O3. The van der Waals surface area contributed by atoms with Crippen LogP contribution < -0.4 is 0 Å². The van der Waals surface area contributed by atoms with Crippen LogP contribution in [0.2, 0.25) is 5.15 Å². The number of hydrogen-bond acceptors (Lipinski definition) is 3. The number of rotatable bonds is 4. The van der Waals surface area contributed by atoms with Crippen molar-refractivity contribution in [3.05, 3.63) is 88.4 Å². The molecule has 0 bridgehead atoms. The monoisotopic (exact) mass is 434 g/mol. The quantitative estimate of drug-likeness (QED) is 0.516. The van der Waals surface area contributed by atoms with Gasteiger partial charge in [-0.25, -0.2) is 9.78 Å². The molecular weight excluding hydrogens is 412 g/mol. The number of allylic oxidation sites excluding steroid dienone is 6. The van der Waals surface area contributed by atoms with Crippen LogP contribution in [-0.4, -0.2) is 27.6 Å². The molecule has 0 amide bonds. The Balaban J connectivity index is 1.90. The van der Waals surface area contributed by atoms with Crippen LogP contribution >= 0.6 is 11.6 Å². The fraction of sp³-hybridized carbons (Fsp3) is 0.200. The second-order valence-corrected chi connectivity index (χ2v) is 7.80. The molecule has 3 aromatic rings. The summed E-state index contributed by atoms with van der Waals surface area (Å²) in [5.74, 6) is -0.0501. The minimum absolute atomic E-state index is 0.170. The number of aromatic nitrogens is 2. The van der Waals surface area contributed by atoms with Crippen molar-refractivity contribution in [2.24, 2.45) is 0 Å². The van der Waals surface area contributed by atoms with Gasteiger partial charge in [-0.15, -0.1) is 0 Å². The summed E-state index contributed by atoms with van der Waals surface area (Å²) in [6, 6.07) is 11.0. The van der Waals surface area contributed by atoms with Crippen molar-refractivity contribution in [1.29, 1.82) is 0 Å². The van der Waals surface area contributed by atoms with E-state index in [1.165, 1.54) is 17.7 Å².